The highest BCUT2D eigenvalue weighted by Gasteiger charge is 2.41. The molecule has 1 unspecified atom stereocenters. The van der Waals surface area contributed by atoms with Crippen molar-refractivity contribution < 1.29 is 14.2 Å². The van der Waals surface area contributed by atoms with Crippen LogP contribution in [0.5, 0.6) is 11.5 Å². The Hall–Kier alpha value is -2.88. The number of halogens is 1. The SMILES string of the molecule is CCCCOC1(N(Cc2ccc(OC)cc2)Cc2ccc(OC)cc2)N=Cc2ncc(Br)n2N1. The normalized spacial score (nSPS) is 16.9. The van der Waals surface area contributed by atoms with E-state index >= 15 is 0 Å². The first-order valence-corrected chi connectivity index (χ1v) is 12.1. The van der Waals surface area contributed by atoms with Crippen molar-refractivity contribution in [3.8, 4) is 11.5 Å². The van der Waals surface area contributed by atoms with Gasteiger partial charge in [0.05, 0.1) is 33.2 Å². The molecule has 1 aromatic heterocycles. The van der Waals surface area contributed by atoms with Crippen molar-refractivity contribution >= 4 is 22.1 Å². The number of hydrogen-bond acceptors (Lipinski definition) is 7. The van der Waals surface area contributed by atoms with E-state index in [1.165, 1.54) is 0 Å². The van der Waals surface area contributed by atoms with Crippen molar-refractivity contribution in [1.82, 2.24) is 14.6 Å². The lowest BCUT2D eigenvalue weighted by atomic mass is 10.1. The summed E-state index contributed by atoms with van der Waals surface area (Å²) in [7, 11) is 3.34. The van der Waals surface area contributed by atoms with E-state index in [4.69, 9.17) is 19.2 Å². The molecule has 2 heterocycles. The minimum absolute atomic E-state index is 0.560. The Labute approximate surface area is 208 Å². The molecule has 0 fully saturated rings. The molecule has 0 saturated carbocycles. The van der Waals surface area contributed by atoms with Crippen LogP contribution >= 0.6 is 15.9 Å². The van der Waals surface area contributed by atoms with E-state index in [1.54, 1.807) is 26.6 Å². The summed E-state index contributed by atoms with van der Waals surface area (Å²) in [6.07, 6.45) is 5.45. The summed E-state index contributed by atoms with van der Waals surface area (Å²) in [5.74, 6) is 1.22. The standard InChI is InChI=1S/C25H30BrN5O3/c1-4-5-14-34-25(28-16-24-27-15-23(26)31(24)29-25)30(17-19-6-10-21(32-2)11-7-19)18-20-8-12-22(33-3)13-9-20/h6-13,15-16,29H,4-5,14,17-18H2,1-3H3. The molecule has 1 N–H and O–H groups in total. The molecule has 34 heavy (non-hydrogen) atoms. The maximum atomic E-state index is 6.49. The second-order valence-electron chi connectivity index (χ2n) is 8.01. The number of nitrogens with one attached hydrogen (secondary N) is 1. The quantitative estimate of drug-likeness (QED) is 0.286. The van der Waals surface area contributed by atoms with Gasteiger partial charge in [-0.05, 0) is 57.7 Å². The Bertz CT molecular complexity index is 1050. The Balaban J connectivity index is 1.70. The Morgan fingerprint density at radius 1 is 0.971 bits per heavy atom. The largest absolute Gasteiger partial charge is 0.497 e. The molecule has 8 nitrogen and oxygen atoms in total. The van der Waals surface area contributed by atoms with Gasteiger partial charge in [-0.25, -0.2) is 19.6 Å². The minimum atomic E-state index is -1.12. The topological polar surface area (TPSA) is 73.1 Å². The number of hydrogen-bond donors (Lipinski definition) is 1. The first-order chi connectivity index (χ1) is 16.6. The summed E-state index contributed by atoms with van der Waals surface area (Å²) in [6, 6.07) is 16.1. The molecular formula is C25H30BrN5O3. The van der Waals surface area contributed by atoms with Crippen LogP contribution in [0, 0.1) is 0 Å². The molecule has 1 aliphatic rings. The maximum Gasteiger partial charge on any atom is 0.317 e. The third-order valence-electron chi connectivity index (χ3n) is 5.65. The predicted molar refractivity (Wildman–Crippen MR) is 136 cm³/mol. The lowest BCUT2D eigenvalue weighted by Gasteiger charge is -2.42. The van der Waals surface area contributed by atoms with Crippen LogP contribution in [0.3, 0.4) is 0 Å². The van der Waals surface area contributed by atoms with E-state index in [0.29, 0.717) is 25.5 Å². The van der Waals surface area contributed by atoms with Crippen molar-refractivity contribution in [2.75, 3.05) is 26.3 Å². The molecule has 3 aromatic rings. The molecule has 0 radical (unpaired) electrons. The first kappa shape index (κ1) is 24.3. The molecule has 0 saturated heterocycles. The van der Waals surface area contributed by atoms with Gasteiger partial charge in [0.2, 0.25) is 0 Å². The van der Waals surface area contributed by atoms with Crippen molar-refractivity contribution in [2.45, 2.75) is 38.8 Å². The summed E-state index contributed by atoms with van der Waals surface area (Å²) >= 11 is 3.57. The zero-order valence-corrected chi connectivity index (χ0v) is 21.3. The number of ether oxygens (including phenoxy) is 3. The maximum absolute atomic E-state index is 6.49. The van der Waals surface area contributed by atoms with Crippen LogP contribution in [0.2, 0.25) is 0 Å². The molecule has 0 aliphatic carbocycles. The summed E-state index contributed by atoms with van der Waals surface area (Å²) < 4.78 is 19.8. The van der Waals surface area contributed by atoms with E-state index in [0.717, 1.165) is 40.1 Å². The molecule has 1 atom stereocenters. The minimum Gasteiger partial charge on any atom is -0.497 e. The number of methoxy groups -OCH3 is 2. The van der Waals surface area contributed by atoms with Gasteiger partial charge in [0.25, 0.3) is 0 Å². The highest BCUT2D eigenvalue weighted by molar-refractivity contribution is 9.10. The summed E-state index contributed by atoms with van der Waals surface area (Å²) in [4.78, 5) is 11.4. The number of nitrogens with zero attached hydrogens (tertiary/aromatic N) is 4. The van der Waals surface area contributed by atoms with Gasteiger partial charge in [-0.2, -0.15) is 0 Å². The fourth-order valence-corrected chi connectivity index (χ4v) is 4.08. The zero-order valence-electron chi connectivity index (χ0n) is 19.7. The Morgan fingerprint density at radius 2 is 1.56 bits per heavy atom. The number of benzene rings is 2. The molecule has 0 spiro atoms. The average molecular weight is 528 g/mol. The van der Waals surface area contributed by atoms with Gasteiger partial charge in [-0.15, -0.1) is 0 Å². The van der Waals surface area contributed by atoms with E-state index in [-0.39, 0.29) is 0 Å². The molecule has 0 bridgehead atoms. The third kappa shape index (κ3) is 5.43. The van der Waals surface area contributed by atoms with Crippen molar-refractivity contribution in [3.05, 3.63) is 76.3 Å². The highest BCUT2D eigenvalue weighted by atomic mass is 79.9. The smallest absolute Gasteiger partial charge is 0.317 e. The molecule has 2 aromatic carbocycles. The van der Waals surface area contributed by atoms with E-state index in [2.05, 4.69) is 62.4 Å². The van der Waals surface area contributed by atoms with Crippen LogP contribution in [0.15, 0.2) is 64.3 Å². The number of rotatable bonds is 11. The van der Waals surface area contributed by atoms with Gasteiger partial charge < -0.3 is 14.2 Å². The predicted octanol–water partition coefficient (Wildman–Crippen LogP) is 4.77. The summed E-state index contributed by atoms with van der Waals surface area (Å²) in [5, 5.41) is 0. The molecular weight excluding hydrogens is 498 g/mol. The number of fused-ring (bicyclic) bond motifs is 1. The number of aromatic nitrogens is 2. The lowest BCUT2D eigenvalue weighted by molar-refractivity contribution is -0.149. The first-order valence-electron chi connectivity index (χ1n) is 11.3. The lowest BCUT2D eigenvalue weighted by Crippen LogP contribution is -2.59. The number of unbranched alkanes of at least 4 members (excludes halogenated alkanes) is 1. The number of imidazole rings is 1. The zero-order chi connectivity index (χ0) is 24.0. The van der Waals surface area contributed by atoms with Gasteiger partial charge in [0.15, 0.2) is 5.82 Å². The fourth-order valence-electron chi connectivity index (χ4n) is 3.71. The monoisotopic (exact) mass is 527 g/mol. The van der Waals surface area contributed by atoms with Crippen molar-refractivity contribution in [1.29, 1.82) is 0 Å². The Kier molecular flexibility index (Phi) is 7.87. The van der Waals surface area contributed by atoms with Crippen LogP contribution in [0.25, 0.3) is 0 Å². The molecule has 0 amide bonds. The van der Waals surface area contributed by atoms with Crippen LogP contribution in [-0.2, 0) is 17.8 Å². The third-order valence-corrected chi connectivity index (χ3v) is 6.21. The second kappa shape index (κ2) is 11.0. The van der Waals surface area contributed by atoms with Crippen LogP contribution in [0.4, 0.5) is 0 Å². The van der Waals surface area contributed by atoms with Crippen LogP contribution in [-0.4, -0.2) is 47.6 Å². The molecule has 1 aliphatic heterocycles. The fraction of sp³-hybridized carbons (Fsp3) is 0.360. The number of aliphatic imine (C=N–C) groups is 1. The van der Waals surface area contributed by atoms with Crippen LogP contribution < -0.4 is 14.9 Å². The van der Waals surface area contributed by atoms with Gasteiger partial charge in [-0.1, -0.05) is 37.6 Å². The van der Waals surface area contributed by atoms with Gasteiger partial charge in [0, 0.05) is 13.1 Å². The van der Waals surface area contributed by atoms with E-state index in [9.17, 15) is 0 Å². The average Bonchev–Trinajstić information content (AvgIpc) is 3.24. The Morgan fingerprint density at radius 3 is 2.09 bits per heavy atom. The van der Waals surface area contributed by atoms with E-state index in [1.807, 2.05) is 28.9 Å². The van der Waals surface area contributed by atoms with Crippen molar-refractivity contribution in [3.63, 3.8) is 0 Å². The molecule has 4 rings (SSSR count). The van der Waals surface area contributed by atoms with Crippen LogP contribution in [0.1, 0.15) is 36.7 Å². The summed E-state index contributed by atoms with van der Waals surface area (Å²) in [6.45, 7) is 3.89. The molecule has 9 heteroatoms. The second-order valence-corrected chi connectivity index (χ2v) is 8.82. The van der Waals surface area contributed by atoms with Gasteiger partial charge >= 0.3 is 5.97 Å². The summed E-state index contributed by atoms with van der Waals surface area (Å²) in [5.41, 5.74) is 5.69. The van der Waals surface area contributed by atoms with E-state index < -0.39 is 5.97 Å². The van der Waals surface area contributed by atoms with Gasteiger partial charge in [0.1, 0.15) is 16.1 Å². The highest BCUT2D eigenvalue weighted by Crippen LogP contribution is 2.29. The molecule has 180 valence electrons. The van der Waals surface area contributed by atoms with Crippen molar-refractivity contribution in [2.24, 2.45) is 4.99 Å². The van der Waals surface area contributed by atoms with Gasteiger partial charge in [-0.3, -0.25) is 5.43 Å².